The predicted molar refractivity (Wildman–Crippen MR) is 70.0 cm³/mol. The highest BCUT2D eigenvalue weighted by molar-refractivity contribution is 5.95. The normalized spacial score (nSPS) is 13.4. The van der Waals surface area contributed by atoms with Crippen LogP contribution in [-0.2, 0) is 9.59 Å². The van der Waals surface area contributed by atoms with Crippen molar-refractivity contribution < 1.29 is 19.4 Å². The molecule has 0 saturated heterocycles. The molecule has 2 atom stereocenters. The van der Waals surface area contributed by atoms with Gasteiger partial charge in [0.25, 0.3) is 0 Å². The van der Waals surface area contributed by atoms with E-state index in [1.807, 2.05) is 6.92 Å². The van der Waals surface area contributed by atoms with E-state index >= 15 is 0 Å². The molecule has 1 heterocycles. The molecule has 0 bridgehead atoms. The lowest BCUT2D eigenvalue weighted by Gasteiger charge is -2.16. The van der Waals surface area contributed by atoms with E-state index < -0.39 is 17.8 Å². The predicted octanol–water partition coefficient (Wildman–Crippen LogP) is 1.78. The minimum Gasteiger partial charge on any atom is -0.481 e. The zero-order chi connectivity index (χ0) is 14.4. The van der Waals surface area contributed by atoms with Gasteiger partial charge in [0.15, 0.2) is 0 Å². The lowest BCUT2D eigenvalue weighted by Crippen LogP contribution is -2.30. The largest absolute Gasteiger partial charge is 0.481 e. The van der Waals surface area contributed by atoms with Crippen LogP contribution in [0.2, 0.25) is 0 Å². The smallest absolute Gasteiger partial charge is 0.307 e. The maximum absolute atomic E-state index is 12.0. The van der Waals surface area contributed by atoms with Crippen LogP contribution in [0.25, 0.3) is 0 Å². The van der Waals surface area contributed by atoms with Gasteiger partial charge in [-0.3, -0.25) is 9.59 Å². The maximum atomic E-state index is 12.0. The lowest BCUT2D eigenvalue weighted by molar-refractivity contribution is -0.145. The van der Waals surface area contributed by atoms with E-state index in [4.69, 9.17) is 9.84 Å². The first kappa shape index (κ1) is 14.9. The lowest BCUT2D eigenvalue weighted by atomic mass is 9.95. The molecule has 1 aromatic rings. The number of nitrogens with zero attached hydrogens (tertiary/aromatic N) is 1. The van der Waals surface area contributed by atoms with Crippen LogP contribution in [-0.4, -0.2) is 28.6 Å². The van der Waals surface area contributed by atoms with E-state index in [2.05, 4.69) is 10.3 Å². The highest BCUT2D eigenvalue weighted by atomic mass is 16.5. The van der Waals surface area contributed by atoms with Gasteiger partial charge in [-0.25, -0.2) is 4.98 Å². The molecular weight excluding hydrogens is 248 g/mol. The first-order chi connectivity index (χ1) is 8.97. The Morgan fingerprint density at radius 1 is 1.42 bits per heavy atom. The van der Waals surface area contributed by atoms with Crippen LogP contribution in [0.3, 0.4) is 0 Å². The summed E-state index contributed by atoms with van der Waals surface area (Å²) < 4.78 is 5.28. The summed E-state index contributed by atoms with van der Waals surface area (Å²) in [4.78, 5) is 26.8. The average molecular weight is 266 g/mol. The van der Waals surface area contributed by atoms with E-state index in [1.165, 1.54) is 6.92 Å². The number of hydrogen-bond donors (Lipinski definition) is 2. The molecule has 104 valence electrons. The number of ether oxygens (including phenoxy) is 1. The van der Waals surface area contributed by atoms with Gasteiger partial charge in [-0.15, -0.1) is 0 Å². The molecule has 1 amide bonds. The van der Waals surface area contributed by atoms with Crippen LogP contribution in [0.15, 0.2) is 18.3 Å². The molecule has 0 aliphatic heterocycles. The minimum absolute atomic E-state index is 0.327. The number of amides is 1. The van der Waals surface area contributed by atoms with E-state index in [0.29, 0.717) is 18.2 Å². The number of aromatic nitrogens is 1. The Bertz CT molecular complexity index is 462. The Labute approximate surface area is 111 Å². The first-order valence-electron chi connectivity index (χ1n) is 6.08. The number of rotatable bonds is 6. The molecule has 0 radical (unpaired) electrons. The number of anilines is 1. The van der Waals surface area contributed by atoms with Crippen molar-refractivity contribution in [3.05, 3.63) is 18.3 Å². The standard InChI is InChI=1S/C13H18N2O4/c1-4-19-12-10(6-5-7-14-12)15-11(16)8(2)9(3)13(17)18/h5-9H,4H2,1-3H3,(H,15,16)(H,17,18). The van der Waals surface area contributed by atoms with Crippen LogP contribution < -0.4 is 10.1 Å². The fourth-order valence-electron chi connectivity index (χ4n) is 1.43. The van der Waals surface area contributed by atoms with Gasteiger partial charge in [0.05, 0.1) is 12.5 Å². The molecule has 1 rings (SSSR count). The number of nitrogens with one attached hydrogen (secondary N) is 1. The van der Waals surface area contributed by atoms with Crippen molar-refractivity contribution in [2.24, 2.45) is 11.8 Å². The van der Waals surface area contributed by atoms with Gasteiger partial charge < -0.3 is 15.2 Å². The van der Waals surface area contributed by atoms with Crippen molar-refractivity contribution in [3.63, 3.8) is 0 Å². The molecule has 2 N–H and O–H groups in total. The Morgan fingerprint density at radius 3 is 2.68 bits per heavy atom. The van der Waals surface area contributed by atoms with E-state index in [-0.39, 0.29) is 5.91 Å². The van der Waals surface area contributed by atoms with Gasteiger partial charge in [-0.05, 0) is 19.1 Å². The number of aliphatic carboxylic acids is 1. The van der Waals surface area contributed by atoms with Gasteiger partial charge in [0.2, 0.25) is 11.8 Å². The third-order valence-electron chi connectivity index (χ3n) is 2.86. The summed E-state index contributed by atoms with van der Waals surface area (Å²) in [6.45, 7) is 5.32. The van der Waals surface area contributed by atoms with Crippen molar-refractivity contribution in [3.8, 4) is 5.88 Å². The molecule has 6 heteroatoms. The molecule has 0 fully saturated rings. The highest BCUT2D eigenvalue weighted by Crippen LogP contribution is 2.22. The molecule has 0 aliphatic rings. The maximum Gasteiger partial charge on any atom is 0.307 e. The molecular formula is C13H18N2O4. The summed E-state index contributed by atoms with van der Waals surface area (Å²) >= 11 is 0. The molecule has 19 heavy (non-hydrogen) atoms. The second kappa shape index (κ2) is 6.72. The third-order valence-corrected chi connectivity index (χ3v) is 2.86. The van der Waals surface area contributed by atoms with Gasteiger partial charge in [0.1, 0.15) is 5.69 Å². The summed E-state index contributed by atoms with van der Waals surface area (Å²) in [5.41, 5.74) is 0.443. The number of hydrogen-bond acceptors (Lipinski definition) is 4. The second-order valence-electron chi connectivity index (χ2n) is 4.19. The summed E-state index contributed by atoms with van der Waals surface area (Å²) in [5.74, 6) is -2.45. The molecule has 0 saturated carbocycles. The number of carboxylic acids is 1. The van der Waals surface area contributed by atoms with E-state index in [1.54, 1.807) is 25.3 Å². The fraction of sp³-hybridized carbons (Fsp3) is 0.462. The topological polar surface area (TPSA) is 88.5 Å². The second-order valence-corrected chi connectivity index (χ2v) is 4.19. The summed E-state index contributed by atoms with van der Waals surface area (Å²) in [6.07, 6.45) is 1.56. The molecule has 2 unspecified atom stereocenters. The molecule has 0 aliphatic carbocycles. The van der Waals surface area contributed by atoms with Crippen LogP contribution in [0.4, 0.5) is 5.69 Å². The van der Waals surface area contributed by atoms with Crippen molar-refractivity contribution in [2.75, 3.05) is 11.9 Å². The van der Waals surface area contributed by atoms with E-state index in [9.17, 15) is 9.59 Å². The van der Waals surface area contributed by atoms with Crippen LogP contribution in [0.1, 0.15) is 20.8 Å². The zero-order valence-corrected chi connectivity index (χ0v) is 11.2. The number of carbonyl (C=O) groups excluding carboxylic acids is 1. The quantitative estimate of drug-likeness (QED) is 0.819. The Kier molecular flexibility index (Phi) is 5.29. The van der Waals surface area contributed by atoms with Gasteiger partial charge in [-0.2, -0.15) is 0 Å². The van der Waals surface area contributed by atoms with Gasteiger partial charge >= 0.3 is 5.97 Å². The summed E-state index contributed by atoms with van der Waals surface area (Å²) in [6, 6.07) is 3.33. The monoisotopic (exact) mass is 266 g/mol. The van der Waals surface area contributed by atoms with Crippen molar-refractivity contribution in [2.45, 2.75) is 20.8 Å². The SMILES string of the molecule is CCOc1ncccc1NC(=O)C(C)C(C)C(=O)O. The van der Waals surface area contributed by atoms with E-state index in [0.717, 1.165) is 0 Å². The minimum atomic E-state index is -1.00. The molecule has 0 spiro atoms. The highest BCUT2D eigenvalue weighted by Gasteiger charge is 2.26. The van der Waals surface area contributed by atoms with Crippen LogP contribution in [0, 0.1) is 11.8 Å². The average Bonchev–Trinajstić information content (AvgIpc) is 2.39. The van der Waals surface area contributed by atoms with Gasteiger partial charge in [0, 0.05) is 12.1 Å². The summed E-state index contributed by atoms with van der Waals surface area (Å²) in [7, 11) is 0. The summed E-state index contributed by atoms with van der Waals surface area (Å²) in [5, 5.41) is 11.5. The van der Waals surface area contributed by atoms with Crippen LogP contribution >= 0.6 is 0 Å². The Morgan fingerprint density at radius 2 is 2.11 bits per heavy atom. The van der Waals surface area contributed by atoms with Crippen molar-refractivity contribution in [1.82, 2.24) is 4.98 Å². The van der Waals surface area contributed by atoms with Crippen molar-refractivity contribution in [1.29, 1.82) is 0 Å². The molecule has 6 nitrogen and oxygen atoms in total. The molecule has 1 aromatic heterocycles. The number of carboxylic acid groups (broad SMARTS) is 1. The first-order valence-corrected chi connectivity index (χ1v) is 6.08. The number of pyridine rings is 1. The molecule has 0 aromatic carbocycles. The van der Waals surface area contributed by atoms with Crippen LogP contribution in [0.5, 0.6) is 5.88 Å². The van der Waals surface area contributed by atoms with Gasteiger partial charge in [-0.1, -0.05) is 13.8 Å². The third kappa shape index (κ3) is 3.94. The Balaban J connectivity index is 2.79. The Hall–Kier alpha value is -2.11. The van der Waals surface area contributed by atoms with Crippen molar-refractivity contribution >= 4 is 17.6 Å². The number of carbonyl (C=O) groups is 2. The zero-order valence-electron chi connectivity index (χ0n) is 11.2. The fourth-order valence-corrected chi connectivity index (χ4v) is 1.43.